The molecule has 70 valence electrons. The lowest BCUT2D eigenvalue weighted by Crippen LogP contribution is -2.27. The molecule has 0 saturated heterocycles. The molecule has 1 aliphatic carbocycles. The standard InChI is InChI=1S/C9H16O2S/c1-11-9(10)8(12)7-5-3-2-4-6-7/h7-8,12H,2-6H2,1H3. The maximum atomic E-state index is 11.1. The topological polar surface area (TPSA) is 26.3 Å². The van der Waals surface area contributed by atoms with Crippen molar-refractivity contribution >= 4 is 18.6 Å². The van der Waals surface area contributed by atoms with Crippen molar-refractivity contribution in [2.45, 2.75) is 37.4 Å². The first kappa shape index (κ1) is 9.90. The number of hydrogen-bond acceptors (Lipinski definition) is 3. The van der Waals surface area contributed by atoms with Crippen molar-refractivity contribution in [3.63, 3.8) is 0 Å². The first-order valence-corrected chi connectivity index (χ1v) is 5.03. The maximum absolute atomic E-state index is 11.1. The van der Waals surface area contributed by atoms with Crippen molar-refractivity contribution in [1.82, 2.24) is 0 Å². The lowest BCUT2D eigenvalue weighted by Gasteiger charge is -2.24. The highest BCUT2D eigenvalue weighted by atomic mass is 32.1. The van der Waals surface area contributed by atoms with Crippen molar-refractivity contribution in [2.24, 2.45) is 5.92 Å². The monoisotopic (exact) mass is 188 g/mol. The SMILES string of the molecule is COC(=O)C(S)C1CCCCC1. The molecule has 0 spiro atoms. The predicted molar refractivity (Wildman–Crippen MR) is 51.4 cm³/mol. The lowest BCUT2D eigenvalue weighted by molar-refractivity contribution is -0.141. The number of esters is 1. The van der Waals surface area contributed by atoms with Gasteiger partial charge in [0.05, 0.1) is 7.11 Å². The van der Waals surface area contributed by atoms with E-state index in [1.54, 1.807) is 0 Å². The zero-order chi connectivity index (χ0) is 8.97. The van der Waals surface area contributed by atoms with Gasteiger partial charge in [0.25, 0.3) is 0 Å². The van der Waals surface area contributed by atoms with Crippen LogP contribution in [-0.2, 0) is 9.53 Å². The van der Waals surface area contributed by atoms with Crippen LogP contribution in [0.2, 0.25) is 0 Å². The molecule has 1 saturated carbocycles. The number of rotatable bonds is 2. The largest absolute Gasteiger partial charge is 0.468 e. The van der Waals surface area contributed by atoms with Crippen molar-refractivity contribution in [1.29, 1.82) is 0 Å². The van der Waals surface area contributed by atoms with Gasteiger partial charge in [-0.15, -0.1) is 0 Å². The Bertz CT molecular complexity index is 153. The minimum atomic E-state index is -0.199. The molecule has 0 N–H and O–H groups in total. The lowest BCUT2D eigenvalue weighted by atomic mass is 9.87. The van der Waals surface area contributed by atoms with E-state index >= 15 is 0 Å². The summed E-state index contributed by atoms with van der Waals surface area (Å²) in [5, 5.41) is -0.199. The Morgan fingerprint density at radius 1 is 1.42 bits per heavy atom. The summed E-state index contributed by atoms with van der Waals surface area (Å²) >= 11 is 4.27. The normalized spacial score (nSPS) is 21.8. The molecule has 0 heterocycles. The highest BCUT2D eigenvalue weighted by Gasteiger charge is 2.26. The van der Waals surface area contributed by atoms with Gasteiger partial charge in [0.15, 0.2) is 0 Å². The minimum absolute atomic E-state index is 0.176. The molecule has 0 aliphatic heterocycles. The quantitative estimate of drug-likeness (QED) is 0.530. The Balaban J connectivity index is 2.39. The number of methoxy groups -OCH3 is 1. The second-order valence-corrected chi connectivity index (χ2v) is 3.92. The van der Waals surface area contributed by atoms with E-state index in [0.29, 0.717) is 5.92 Å². The van der Waals surface area contributed by atoms with Gasteiger partial charge in [0, 0.05) is 0 Å². The summed E-state index contributed by atoms with van der Waals surface area (Å²) in [4.78, 5) is 11.1. The van der Waals surface area contributed by atoms with Gasteiger partial charge in [-0.05, 0) is 18.8 Å². The maximum Gasteiger partial charge on any atom is 0.318 e. The molecule has 1 fully saturated rings. The van der Waals surface area contributed by atoms with Crippen LogP contribution in [-0.4, -0.2) is 18.3 Å². The molecule has 1 aliphatic rings. The van der Waals surface area contributed by atoms with E-state index in [4.69, 9.17) is 0 Å². The van der Waals surface area contributed by atoms with E-state index in [2.05, 4.69) is 17.4 Å². The van der Waals surface area contributed by atoms with Crippen molar-refractivity contribution in [2.75, 3.05) is 7.11 Å². The highest BCUT2D eigenvalue weighted by molar-refractivity contribution is 7.81. The van der Waals surface area contributed by atoms with E-state index in [1.165, 1.54) is 26.4 Å². The van der Waals surface area contributed by atoms with Crippen LogP contribution >= 0.6 is 12.6 Å². The Kier molecular flexibility index (Phi) is 3.92. The Morgan fingerprint density at radius 2 is 2.00 bits per heavy atom. The molecule has 0 aromatic rings. The molecule has 1 unspecified atom stereocenters. The molecule has 1 atom stereocenters. The fraction of sp³-hybridized carbons (Fsp3) is 0.889. The van der Waals surface area contributed by atoms with Gasteiger partial charge in [0.2, 0.25) is 0 Å². The van der Waals surface area contributed by atoms with Gasteiger partial charge in [-0.25, -0.2) is 0 Å². The average molecular weight is 188 g/mol. The van der Waals surface area contributed by atoms with Crippen LogP contribution in [0.5, 0.6) is 0 Å². The van der Waals surface area contributed by atoms with Crippen LogP contribution in [0.3, 0.4) is 0 Å². The highest BCUT2D eigenvalue weighted by Crippen LogP contribution is 2.29. The van der Waals surface area contributed by atoms with Gasteiger partial charge < -0.3 is 4.74 Å². The summed E-state index contributed by atoms with van der Waals surface area (Å²) < 4.78 is 4.65. The second kappa shape index (κ2) is 4.75. The summed E-state index contributed by atoms with van der Waals surface area (Å²) in [6, 6.07) is 0. The summed E-state index contributed by atoms with van der Waals surface area (Å²) in [5.41, 5.74) is 0. The van der Waals surface area contributed by atoms with Crippen molar-refractivity contribution in [3.05, 3.63) is 0 Å². The summed E-state index contributed by atoms with van der Waals surface area (Å²) in [5.74, 6) is 0.264. The molecule has 12 heavy (non-hydrogen) atoms. The predicted octanol–water partition coefficient (Wildman–Crippen LogP) is 2.04. The fourth-order valence-corrected chi connectivity index (χ4v) is 2.17. The Morgan fingerprint density at radius 3 is 2.50 bits per heavy atom. The third-order valence-electron chi connectivity index (χ3n) is 2.54. The summed E-state index contributed by atoms with van der Waals surface area (Å²) in [7, 11) is 1.42. The molecule has 1 rings (SSSR count). The smallest absolute Gasteiger partial charge is 0.318 e. The first-order chi connectivity index (χ1) is 5.75. The van der Waals surface area contributed by atoms with E-state index in [1.807, 2.05) is 0 Å². The van der Waals surface area contributed by atoms with Crippen LogP contribution in [0.15, 0.2) is 0 Å². The summed E-state index contributed by atoms with van der Waals surface area (Å²) in [6.07, 6.45) is 6.03. The van der Waals surface area contributed by atoms with Crippen LogP contribution in [0.1, 0.15) is 32.1 Å². The minimum Gasteiger partial charge on any atom is -0.468 e. The van der Waals surface area contributed by atoms with Gasteiger partial charge in [-0.2, -0.15) is 12.6 Å². The van der Waals surface area contributed by atoms with E-state index in [-0.39, 0.29) is 11.2 Å². The van der Waals surface area contributed by atoms with Crippen LogP contribution in [0.25, 0.3) is 0 Å². The number of carbonyl (C=O) groups excluding carboxylic acids is 1. The molecule has 0 radical (unpaired) electrons. The van der Waals surface area contributed by atoms with Crippen molar-refractivity contribution in [3.8, 4) is 0 Å². The van der Waals surface area contributed by atoms with Crippen LogP contribution in [0.4, 0.5) is 0 Å². The molecule has 0 aromatic heterocycles. The third-order valence-corrected chi connectivity index (χ3v) is 3.17. The van der Waals surface area contributed by atoms with Gasteiger partial charge in [-0.3, -0.25) is 4.79 Å². The van der Waals surface area contributed by atoms with E-state index in [9.17, 15) is 4.79 Å². The Hall–Kier alpha value is -0.180. The molecular formula is C9H16O2S. The van der Waals surface area contributed by atoms with Crippen LogP contribution < -0.4 is 0 Å². The third kappa shape index (κ3) is 2.41. The molecule has 2 nitrogen and oxygen atoms in total. The zero-order valence-electron chi connectivity index (χ0n) is 7.45. The molecule has 0 amide bonds. The second-order valence-electron chi connectivity index (χ2n) is 3.37. The average Bonchev–Trinajstić information content (AvgIpc) is 2.17. The Labute approximate surface area is 79.1 Å². The number of thiol groups is 1. The summed E-state index contributed by atoms with van der Waals surface area (Å²) in [6.45, 7) is 0. The number of carbonyl (C=O) groups is 1. The van der Waals surface area contributed by atoms with E-state index in [0.717, 1.165) is 12.8 Å². The molecular weight excluding hydrogens is 172 g/mol. The zero-order valence-corrected chi connectivity index (χ0v) is 8.35. The molecule has 0 bridgehead atoms. The fourth-order valence-electron chi connectivity index (χ4n) is 1.76. The van der Waals surface area contributed by atoms with Gasteiger partial charge in [-0.1, -0.05) is 19.3 Å². The number of hydrogen-bond donors (Lipinski definition) is 1. The first-order valence-electron chi connectivity index (χ1n) is 4.51. The van der Waals surface area contributed by atoms with E-state index < -0.39 is 0 Å². The molecule has 3 heteroatoms. The number of ether oxygens (including phenoxy) is 1. The van der Waals surface area contributed by atoms with Crippen molar-refractivity contribution < 1.29 is 9.53 Å². The van der Waals surface area contributed by atoms with Gasteiger partial charge in [0.1, 0.15) is 5.25 Å². The molecule has 0 aromatic carbocycles. The van der Waals surface area contributed by atoms with Crippen LogP contribution in [0, 0.1) is 5.92 Å². The van der Waals surface area contributed by atoms with Gasteiger partial charge >= 0.3 is 5.97 Å².